The molecule has 1 amide bonds. The van der Waals surface area contributed by atoms with Crippen LogP contribution in [0.3, 0.4) is 0 Å². The monoisotopic (exact) mass is 437 g/mol. The smallest absolute Gasteiger partial charge is 0.326 e. The summed E-state index contributed by atoms with van der Waals surface area (Å²) < 4.78 is 6.96. The van der Waals surface area contributed by atoms with Crippen molar-refractivity contribution >= 4 is 62.2 Å². The Labute approximate surface area is 161 Å². The van der Waals surface area contributed by atoms with Crippen molar-refractivity contribution < 1.29 is 19.1 Å². The molecule has 1 aliphatic heterocycles. The van der Waals surface area contributed by atoms with E-state index in [1.165, 1.54) is 6.92 Å². The number of hydrogen-bond donors (Lipinski definition) is 1. The van der Waals surface area contributed by atoms with Gasteiger partial charge in [0.1, 0.15) is 21.9 Å². The van der Waals surface area contributed by atoms with E-state index >= 15 is 0 Å². The molecule has 25 heavy (non-hydrogen) atoms. The maximum Gasteiger partial charge on any atom is 0.326 e. The Balaban J connectivity index is 1.84. The Morgan fingerprint density at radius 1 is 1.32 bits per heavy atom. The van der Waals surface area contributed by atoms with E-state index in [0.29, 0.717) is 16.4 Å². The Hall–Kier alpha value is -1.90. The number of nitrogens with zero attached hydrogens (tertiary/aromatic N) is 1. The zero-order valence-corrected chi connectivity index (χ0v) is 16.2. The van der Waals surface area contributed by atoms with E-state index in [0.717, 1.165) is 26.7 Å². The van der Waals surface area contributed by atoms with E-state index < -0.39 is 17.9 Å². The molecule has 1 saturated heterocycles. The van der Waals surface area contributed by atoms with E-state index in [-0.39, 0.29) is 4.32 Å². The van der Waals surface area contributed by atoms with Crippen LogP contribution in [0.15, 0.2) is 50.2 Å². The lowest BCUT2D eigenvalue weighted by Crippen LogP contribution is -2.41. The molecular weight excluding hydrogens is 426 g/mol. The molecule has 0 saturated carbocycles. The molecule has 1 N–H and O–H groups in total. The van der Waals surface area contributed by atoms with Gasteiger partial charge in [0, 0.05) is 16.1 Å². The number of carboxylic acids is 1. The van der Waals surface area contributed by atoms with Gasteiger partial charge >= 0.3 is 5.97 Å². The molecule has 3 rings (SSSR count). The van der Waals surface area contributed by atoms with Gasteiger partial charge in [-0.2, -0.15) is 0 Å². The summed E-state index contributed by atoms with van der Waals surface area (Å²) in [5, 5.41) is 9.10. The quantitative estimate of drug-likeness (QED) is 0.564. The summed E-state index contributed by atoms with van der Waals surface area (Å²) in [5.74, 6) is -0.353. The van der Waals surface area contributed by atoms with Crippen molar-refractivity contribution in [2.24, 2.45) is 0 Å². The summed E-state index contributed by atoms with van der Waals surface area (Å²) in [5.41, 5.74) is 0.912. The minimum Gasteiger partial charge on any atom is -0.480 e. The van der Waals surface area contributed by atoms with Gasteiger partial charge in [-0.15, -0.1) is 0 Å². The van der Waals surface area contributed by atoms with Gasteiger partial charge in [-0.25, -0.2) is 4.79 Å². The van der Waals surface area contributed by atoms with E-state index in [4.69, 9.17) is 21.7 Å². The molecule has 0 spiro atoms. The van der Waals surface area contributed by atoms with E-state index in [1.807, 2.05) is 30.3 Å². The summed E-state index contributed by atoms with van der Waals surface area (Å²) >= 11 is 9.58. The van der Waals surface area contributed by atoms with Crippen molar-refractivity contribution in [1.82, 2.24) is 4.90 Å². The standard InChI is InChI=1S/C17H12BrNO4S2/c1-9(16(21)22)19-15(20)14(25-17(19)24)8-12-6-7-13(23-12)10-2-4-11(18)5-3-10/h2-9H,1H3,(H,21,22)/b14-8+/t9-/m0/s1. The predicted octanol–water partition coefficient (Wildman–Crippen LogP) is 4.38. The third-order valence-corrected chi connectivity index (χ3v) is 5.46. The normalized spacial score (nSPS) is 17.4. The highest BCUT2D eigenvalue weighted by molar-refractivity contribution is 9.10. The van der Waals surface area contributed by atoms with Crippen LogP contribution in [0.5, 0.6) is 0 Å². The van der Waals surface area contributed by atoms with Crippen LogP contribution >= 0.6 is 39.9 Å². The average molecular weight is 438 g/mol. The topological polar surface area (TPSA) is 70.8 Å². The van der Waals surface area contributed by atoms with Gasteiger partial charge < -0.3 is 9.52 Å². The number of halogens is 1. The number of amides is 1. The highest BCUT2D eigenvalue weighted by atomic mass is 79.9. The van der Waals surface area contributed by atoms with Crippen LogP contribution in [0.1, 0.15) is 12.7 Å². The number of rotatable bonds is 4. The maximum absolute atomic E-state index is 12.4. The third kappa shape index (κ3) is 3.70. The van der Waals surface area contributed by atoms with E-state index in [2.05, 4.69) is 15.9 Å². The minimum atomic E-state index is -1.10. The number of carbonyl (C=O) groups excluding carboxylic acids is 1. The van der Waals surface area contributed by atoms with Crippen molar-refractivity contribution in [2.75, 3.05) is 0 Å². The lowest BCUT2D eigenvalue weighted by Gasteiger charge is -2.18. The summed E-state index contributed by atoms with van der Waals surface area (Å²) in [4.78, 5) is 25.0. The van der Waals surface area contributed by atoms with Crippen LogP contribution in [-0.2, 0) is 9.59 Å². The molecule has 2 aromatic rings. The lowest BCUT2D eigenvalue weighted by molar-refractivity contribution is -0.144. The molecule has 128 valence electrons. The van der Waals surface area contributed by atoms with Crippen LogP contribution < -0.4 is 0 Å². The van der Waals surface area contributed by atoms with Crippen LogP contribution in [-0.4, -0.2) is 32.2 Å². The SMILES string of the molecule is C[C@@H](C(=O)O)N1C(=O)/C(=C\c2ccc(-c3ccc(Br)cc3)o2)SC1=S. The number of carboxylic acid groups (broad SMARTS) is 1. The van der Waals surface area contributed by atoms with E-state index in [9.17, 15) is 9.59 Å². The fourth-order valence-electron chi connectivity index (χ4n) is 2.25. The van der Waals surface area contributed by atoms with Gasteiger partial charge in [0.25, 0.3) is 5.91 Å². The summed E-state index contributed by atoms with van der Waals surface area (Å²) in [6, 6.07) is 10.2. The summed E-state index contributed by atoms with van der Waals surface area (Å²) in [7, 11) is 0. The molecular formula is C17H12BrNO4S2. The number of furan rings is 1. The highest BCUT2D eigenvalue weighted by Gasteiger charge is 2.38. The van der Waals surface area contributed by atoms with Gasteiger partial charge in [0.2, 0.25) is 0 Å². The number of aliphatic carboxylic acids is 1. The van der Waals surface area contributed by atoms with Crippen LogP contribution in [0.4, 0.5) is 0 Å². The van der Waals surface area contributed by atoms with Crippen molar-refractivity contribution in [3.05, 3.63) is 51.5 Å². The lowest BCUT2D eigenvalue weighted by atomic mass is 10.2. The van der Waals surface area contributed by atoms with Gasteiger partial charge in [-0.05, 0) is 31.2 Å². The Morgan fingerprint density at radius 3 is 2.64 bits per heavy atom. The average Bonchev–Trinajstić information content (AvgIpc) is 3.13. The van der Waals surface area contributed by atoms with Crippen molar-refractivity contribution in [3.63, 3.8) is 0 Å². The molecule has 1 atom stereocenters. The molecule has 0 radical (unpaired) electrons. The molecule has 0 bridgehead atoms. The first-order valence-electron chi connectivity index (χ1n) is 7.22. The predicted molar refractivity (Wildman–Crippen MR) is 104 cm³/mol. The fraction of sp³-hybridized carbons (Fsp3) is 0.118. The van der Waals surface area contributed by atoms with Crippen LogP contribution in [0, 0.1) is 0 Å². The molecule has 1 aromatic heterocycles. The Bertz CT molecular complexity index is 888. The number of thioether (sulfide) groups is 1. The van der Waals surface area contributed by atoms with Gasteiger partial charge in [0.15, 0.2) is 0 Å². The van der Waals surface area contributed by atoms with Gasteiger partial charge in [-0.3, -0.25) is 9.69 Å². The highest BCUT2D eigenvalue weighted by Crippen LogP contribution is 2.35. The number of carbonyl (C=O) groups is 2. The Kier molecular flexibility index (Phi) is 5.12. The molecule has 1 aliphatic rings. The first kappa shape index (κ1) is 17.9. The summed E-state index contributed by atoms with van der Waals surface area (Å²) in [6.07, 6.45) is 1.58. The second kappa shape index (κ2) is 7.15. The molecule has 8 heteroatoms. The third-order valence-electron chi connectivity index (χ3n) is 3.60. The fourth-order valence-corrected chi connectivity index (χ4v) is 3.92. The number of benzene rings is 1. The first-order chi connectivity index (χ1) is 11.9. The van der Waals surface area contributed by atoms with Crippen molar-refractivity contribution in [3.8, 4) is 11.3 Å². The van der Waals surface area contributed by atoms with Crippen molar-refractivity contribution in [1.29, 1.82) is 0 Å². The van der Waals surface area contributed by atoms with Gasteiger partial charge in [0.05, 0.1) is 4.91 Å². The molecule has 2 heterocycles. The van der Waals surface area contributed by atoms with Crippen molar-refractivity contribution in [2.45, 2.75) is 13.0 Å². The summed E-state index contributed by atoms with van der Waals surface area (Å²) in [6.45, 7) is 1.43. The number of hydrogen-bond acceptors (Lipinski definition) is 5. The maximum atomic E-state index is 12.4. The molecule has 5 nitrogen and oxygen atoms in total. The second-order valence-corrected chi connectivity index (χ2v) is 7.87. The molecule has 0 unspecified atom stereocenters. The number of thiocarbonyl (C=S) groups is 1. The van der Waals surface area contributed by atoms with Crippen LogP contribution in [0.2, 0.25) is 0 Å². The Morgan fingerprint density at radius 2 is 2.00 bits per heavy atom. The molecule has 0 aliphatic carbocycles. The molecule has 1 aromatic carbocycles. The largest absolute Gasteiger partial charge is 0.480 e. The van der Waals surface area contributed by atoms with Gasteiger partial charge in [-0.1, -0.05) is 52.0 Å². The zero-order chi connectivity index (χ0) is 18.1. The van der Waals surface area contributed by atoms with E-state index in [1.54, 1.807) is 12.1 Å². The zero-order valence-electron chi connectivity index (χ0n) is 12.9. The first-order valence-corrected chi connectivity index (χ1v) is 9.24. The second-order valence-electron chi connectivity index (χ2n) is 5.27. The van der Waals surface area contributed by atoms with Crippen LogP contribution in [0.25, 0.3) is 17.4 Å². The molecule has 1 fully saturated rings. The minimum absolute atomic E-state index is 0.228.